The Morgan fingerprint density at radius 2 is 2.06 bits per heavy atom. The molecule has 2 amide bonds. The Balaban J connectivity index is 1.69. The molecular weight excluding hydrogens is 442 g/mol. The summed E-state index contributed by atoms with van der Waals surface area (Å²) < 4.78 is 27.9. The number of anilines is 1. The van der Waals surface area contributed by atoms with Gasteiger partial charge in [-0.25, -0.2) is 13.8 Å². The van der Waals surface area contributed by atoms with E-state index in [1.807, 2.05) is 25.1 Å². The average molecular weight is 471 g/mol. The summed E-state index contributed by atoms with van der Waals surface area (Å²) in [7, 11) is 1.80. The van der Waals surface area contributed by atoms with Crippen LogP contribution >= 0.6 is 0 Å². The lowest BCUT2D eigenvalue weighted by Gasteiger charge is -2.29. The minimum Gasteiger partial charge on any atom is -0.396 e. The molecule has 2 N–H and O–H groups in total. The minimum absolute atomic E-state index is 0.0511. The zero-order chi connectivity index (χ0) is 24.4. The number of rotatable bonds is 7. The summed E-state index contributed by atoms with van der Waals surface area (Å²) in [6.07, 6.45) is -0.990. The highest BCUT2D eigenvalue weighted by molar-refractivity contribution is 6.04. The second kappa shape index (κ2) is 9.89. The summed E-state index contributed by atoms with van der Waals surface area (Å²) in [6.45, 7) is 2.96. The number of aromatic nitrogens is 2. The fraction of sp³-hybridized carbons (Fsp3) is 0.400. The van der Waals surface area contributed by atoms with Gasteiger partial charge in [0.1, 0.15) is 0 Å². The zero-order valence-corrected chi connectivity index (χ0v) is 19.2. The monoisotopic (exact) mass is 470 g/mol. The Kier molecular flexibility index (Phi) is 6.92. The third-order valence-electron chi connectivity index (χ3n) is 6.27. The van der Waals surface area contributed by atoms with E-state index in [1.54, 1.807) is 16.5 Å². The van der Waals surface area contributed by atoms with Gasteiger partial charge in [-0.1, -0.05) is 25.1 Å². The maximum absolute atomic E-state index is 13.1. The van der Waals surface area contributed by atoms with Gasteiger partial charge in [0.05, 0.1) is 17.0 Å². The number of piperidine rings is 1. The summed E-state index contributed by atoms with van der Waals surface area (Å²) in [5, 5.41) is 12.3. The second-order valence-electron chi connectivity index (χ2n) is 8.92. The molecule has 9 heteroatoms. The van der Waals surface area contributed by atoms with Crippen LogP contribution in [-0.2, 0) is 11.3 Å². The van der Waals surface area contributed by atoms with Crippen molar-refractivity contribution in [2.24, 2.45) is 5.92 Å². The number of fused-ring (bicyclic) bond motifs is 1. The number of likely N-dealkylation sites (N-methyl/N-ethyl adjacent to an activating group) is 1. The molecule has 0 unspecified atom stereocenters. The van der Waals surface area contributed by atoms with Crippen molar-refractivity contribution in [1.29, 1.82) is 0 Å². The molecule has 1 saturated heterocycles. The molecule has 3 aromatic rings. The largest absolute Gasteiger partial charge is 0.396 e. The number of likely N-dealkylation sites (tertiary alicyclic amines) is 1. The smallest absolute Gasteiger partial charge is 0.263 e. The molecule has 180 valence electrons. The molecule has 0 saturated carbocycles. The van der Waals surface area contributed by atoms with Gasteiger partial charge in [0, 0.05) is 37.9 Å². The first-order valence-electron chi connectivity index (χ1n) is 11.3. The zero-order valence-electron chi connectivity index (χ0n) is 19.2. The van der Waals surface area contributed by atoms with E-state index in [9.17, 15) is 23.5 Å². The van der Waals surface area contributed by atoms with Gasteiger partial charge in [-0.15, -0.1) is 0 Å². The van der Waals surface area contributed by atoms with E-state index < -0.39 is 12.3 Å². The van der Waals surface area contributed by atoms with E-state index in [1.165, 1.54) is 18.2 Å². The maximum Gasteiger partial charge on any atom is 0.263 e. The Labute approximate surface area is 196 Å². The fourth-order valence-electron chi connectivity index (χ4n) is 4.34. The van der Waals surface area contributed by atoms with Crippen LogP contribution in [0.15, 0.2) is 42.5 Å². The summed E-state index contributed by atoms with van der Waals surface area (Å²) in [5.74, 6) is -0.568. The molecule has 1 aliphatic rings. The van der Waals surface area contributed by atoms with Crippen LogP contribution in [0, 0.1) is 5.92 Å². The third kappa shape index (κ3) is 4.79. The molecule has 0 spiro atoms. The van der Waals surface area contributed by atoms with Crippen molar-refractivity contribution in [1.82, 2.24) is 14.5 Å². The number of aliphatic hydroxyl groups excluding tert-OH is 1. The molecule has 2 aromatic carbocycles. The van der Waals surface area contributed by atoms with Crippen molar-refractivity contribution < 1.29 is 23.5 Å². The molecule has 0 radical (unpaired) electrons. The van der Waals surface area contributed by atoms with Crippen molar-refractivity contribution >= 4 is 28.8 Å². The SMILES string of the molecule is C[C@@H](CO)Cn1c(NC(=O)c2cccc(C(F)F)c2)nc2cc([C@H]3CCCN(C)C3=O)ccc21. The number of halogens is 2. The summed E-state index contributed by atoms with van der Waals surface area (Å²) >= 11 is 0. The topological polar surface area (TPSA) is 87.5 Å². The first-order chi connectivity index (χ1) is 16.3. The number of carbonyl (C=O) groups excluding carboxylic acids is 2. The van der Waals surface area contributed by atoms with E-state index in [2.05, 4.69) is 10.3 Å². The molecule has 1 aromatic heterocycles. The summed E-state index contributed by atoms with van der Waals surface area (Å²) in [6, 6.07) is 11.0. The highest BCUT2D eigenvalue weighted by Crippen LogP contribution is 2.31. The van der Waals surface area contributed by atoms with E-state index in [0.29, 0.717) is 12.1 Å². The van der Waals surface area contributed by atoms with E-state index in [-0.39, 0.29) is 41.4 Å². The summed E-state index contributed by atoms with van der Waals surface area (Å²) in [4.78, 5) is 31.9. The Bertz CT molecular complexity index is 1210. The van der Waals surface area contributed by atoms with Gasteiger partial charge in [-0.3, -0.25) is 14.9 Å². The number of hydrogen-bond donors (Lipinski definition) is 2. The number of hydrogen-bond acceptors (Lipinski definition) is 4. The normalized spacial score (nSPS) is 17.4. The fourth-order valence-corrected chi connectivity index (χ4v) is 4.34. The molecule has 4 rings (SSSR count). The molecule has 2 atom stereocenters. The van der Waals surface area contributed by atoms with Gasteiger partial charge < -0.3 is 14.6 Å². The second-order valence-corrected chi connectivity index (χ2v) is 8.92. The number of alkyl halides is 2. The van der Waals surface area contributed by atoms with Crippen LogP contribution in [0.25, 0.3) is 11.0 Å². The lowest BCUT2D eigenvalue weighted by Crippen LogP contribution is -2.36. The molecule has 1 fully saturated rings. The van der Waals surface area contributed by atoms with Crippen molar-refractivity contribution in [2.75, 3.05) is 25.5 Å². The van der Waals surface area contributed by atoms with Crippen molar-refractivity contribution in [2.45, 2.75) is 38.7 Å². The molecule has 7 nitrogen and oxygen atoms in total. The first-order valence-corrected chi connectivity index (χ1v) is 11.3. The number of benzene rings is 2. The highest BCUT2D eigenvalue weighted by atomic mass is 19.3. The third-order valence-corrected chi connectivity index (χ3v) is 6.27. The van der Waals surface area contributed by atoms with Crippen LogP contribution in [0.5, 0.6) is 0 Å². The van der Waals surface area contributed by atoms with Crippen molar-refractivity contribution in [3.63, 3.8) is 0 Å². The first kappa shape index (κ1) is 23.8. The van der Waals surface area contributed by atoms with E-state index >= 15 is 0 Å². The van der Waals surface area contributed by atoms with Gasteiger partial charge >= 0.3 is 0 Å². The van der Waals surface area contributed by atoms with E-state index in [4.69, 9.17) is 0 Å². The number of nitrogens with one attached hydrogen (secondary N) is 1. The molecule has 2 heterocycles. The molecular formula is C25H28F2N4O3. The van der Waals surface area contributed by atoms with Crippen LogP contribution in [0.4, 0.5) is 14.7 Å². The van der Waals surface area contributed by atoms with Gasteiger partial charge in [0.2, 0.25) is 11.9 Å². The van der Waals surface area contributed by atoms with Gasteiger partial charge in [0.15, 0.2) is 0 Å². The number of imidazole rings is 1. The predicted octanol–water partition coefficient (Wildman–Crippen LogP) is 4.19. The molecule has 0 bridgehead atoms. The molecule has 34 heavy (non-hydrogen) atoms. The average Bonchev–Trinajstić information content (AvgIpc) is 3.16. The standard InChI is InChI=1S/C25H28F2N4O3/c1-15(14-32)13-31-21-9-8-16(19-7-4-10-30(2)24(19)34)12-20(21)28-25(31)29-23(33)18-6-3-5-17(11-18)22(26)27/h3,5-6,8-9,11-12,15,19,22,32H,4,7,10,13-14H2,1-2H3,(H,28,29,33)/t15-,19-/m1/s1. The number of carbonyl (C=O) groups is 2. The minimum atomic E-state index is -2.68. The van der Waals surface area contributed by atoms with Crippen LogP contribution in [0.1, 0.15) is 53.6 Å². The Hall–Kier alpha value is -3.33. The lowest BCUT2D eigenvalue weighted by atomic mass is 9.90. The van der Waals surface area contributed by atoms with Gasteiger partial charge in [0.25, 0.3) is 12.3 Å². The van der Waals surface area contributed by atoms with Crippen LogP contribution in [0.2, 0.25) is 0 Å². The van der Waals surface area contributed by atoms with Crippen molar-refractivity contribution in [3.05, 3.63) is 59.2 Å². The molecule has 1 aliphatic heterocycles. The van der Waals surface area contributed by atoms with Gasteiger partial charge in [-0.05, 0) is 48.6 Å². The van der Waals surface area contributed by atoms with Crippen molar-refractivity contribution in [3.8, 4) is 0 Å². The van der Waals surface area contributed by atoms with E-state index in [0.717, 1.165) is 36.5 Å². The Morgan fingerprint density at radius 3 is 2.79 bits per heavy atom. The number of aliphatic hydroxyl groups is 1. The lowest BCUT2D eigenvalue weighted by molar-refractivity contribution is -0.133. The number of amides is 2. The van der Waals surface area contributed by atoms with Gasteiger partial charge in [-0.2, -0.15) is 0 Å². The number of nitrogens with zero attached hydrogens (tertiary/aromatic N) is 3. The molecule has 0 aliphatic carbocycles. The highest BCUT2D eigenvalue weighted by Gasteiger charge is 2.28. The predicted molar refractivity (Wildman–Crippen MR) is 125 cm³/mol. The summed E-state index contributed by atoms with van der Waals surface area (Å²) in [5.41, 5.74) is 2.09. The quantitative estimate of drug-likeness (QED) is 0.542. The van der Waals surface area contributed by atoms with Crippen LogP contribution < -0.4 is 5.32 Å². The maximum atomic E-state index is 13.1. The van der Waals surface area contributed by atoms with Crippen LogP contribution in [0.3, 0.4) is 0 Å². The van der Waals surface area contributed by atoms with Crippen LogP contribution in [-0.4, -0.2) is 51.6 Å². The Morgan fingerprint density at radius 1 is 1.26 bits per heavy atom.